The van der Waals surface area contributed by atoms with Crippen molar-refractivity contribution in [1.29, 1.82) is 0 Å². The molecule has 1 aromatic heterocycles. The summed E-state index contributed by atoms with van der Waals surface area (Å²) in [4.78, 5) is 16.7. The molecule has 0 spiro atoms. The fraction of sp³-hybridized carbons (Fsp3) is 0.474. The van der Waals surface area contributed by atoms with Crippen LogP contribution in [-0.2, 0) is 9.53 Å². The van der Waals surface area contributed by atoms with Gasteiger partial charge in [-0.05, 0) is 31.9 Å². The van der Waals surface area contributed by atoms with Crippen LogP contribution in [-0.4, -0.2) is 28.7 Å². The molecule has 1 aliphatic carbocycles. The van der Waals surface area contributed by atoms with Crippen molar-refractivity contribution in [2.75, 3.05) is 6.61 Å². The minimum absolute atomic E-state index is 0.0823. The van der Waals surface area contributed by atoms with Gasteiger partial charge >= 0.3 is 5.97 Å². The summed E-state index contributed by atoms with van der Waals surface area (Å²) in [5.74, 6) is -0.373. The Kier molecular flexibility index (Phi) is 5.43. The Morgan fingerprint density at radius 2 is 2.08 bits per heavy atom. The van der Waals surface area contributed by atoms with E-state index in [9.17, 15) is 9.90 Å². The first kappa shape index (κ1) is 16.9. The number of carbonyl (C=O) groups excluding carboxylic acids is 1. The van der Waals surface area contributed by atoms with Crippen molar-refractivity contribution in [1.82, 2.24) is 10.3 Å². The number of benzene rings is 1. The first-order valence-corrected chi connectivity index (χ1v) is 8.65. The van der Waals surface area contributed by atoms with E-state index in [-0.39, 0.29) is 17.9 Å². The summed E-state index contributed by atoms with van der Waals surface area (Å²) in [5.41, 5.74) is 1.42. The maximum absolute atomic E-state index is 12.1. The summed E-state index contributed by atoms with van der Waals surface area (Å²) >= 11 is 0. The number of rotatable bonds is 5. The maximum Gasteiger partial charge on any atom is 0.310 e. The fourth-order valence-electron chi connectivity index (χ4n) is 3.38. The first-order valence-electron chi connectivity index (χ1n) is 8.65. The highest BCUT2D eigenvalue weighted by molar-refractivity contribution is 5.78. The van der Waals surface area contributed by atoms with E-state index in [2.05, 4.69) is 10.3 Å². The van der Waals surface area contributed by atoms with Crippen LogP contribution in [0.4, 0.5) is 0 Å². The SMILES string of the molecule is CCOC(=O)[C@@H]1CCCC[C@@H]1NC(O)c1ccc2ccccc2n1. The van der Waals surface area contributed by atoms with Gasteiger partial charge in [-0.3, -0.25) is 10.1 Å². The number of ether oxygens (including phenoxy) is 1. The van der Waals surface area contributed by atoms with Gasteiger partial charge < -0.3 is 9.84 Å². The number of hydrogen-bond donors (Lipinski definition) is 2. The number of pyridine rings is 1. The summed E-state index contributed by atoms with van der Waals surface area (Å²) in [6, 6.07) is 11.5. The number of aliphatic hydroxyl groups excluding tert-OH is 1. The van der Waals surface area contributed by atoms with Crippen LogP contribution in [0.5, 0.6) is 0 Å². The third kappa shape index (κ3) is 3.74. The van der Waals surface area contributed by atoms with Crippen molar-refractivity contribution >= 4 is 16.9 Å². The normalized spacial score (nSPS) is 22.2. The van der Waals surface area contributed by atoms with Crippen molar-refractivity contribution in [2.24, 2.45) is 5.92 Å². The number of hydrogen-bond acceptors (Lipinski definition) is 5. The van der Waals surface area contributed by atoms with Crippen LogP contribution in [0.25, 0.3) is 10.9 Å². The van der Waals surface area contributed by atoms with Crippen molar-refractivity contribution in [3.8, 4) is 0 Å². The second-order valence-corrected chi connectivity index (χ2v) is 6.25. The topological polar surface area (TPSA) is 71.5 Å². The Labute approximate surface area is 142 Å². The van der Waals surface area contributed by atoms with Crippen LogP contribution in [0.1, 0.15) is 44.5 Å². The van der Waals surface area contributed by atoms with Gasteiger partial charge in [0.1, 0.15) is 6.23 Å². The molecule has 24 heavy (non-hydrogen) atoms. The molecule has 0 amide bonds. The molecule has 1 fully saturated rings. The predicted molar refractivity (Wildman–Crippen MR) is 92.2 cm³/mol. The Bertz CT molecular complexity index is 704. The zero-order chi connectivity index (χ0) is 16.9. The van der Waals surface area contributed by atoms with Gasteiger partial charge in [0.15, 0.2) is 0 Å². The molecule has 0 aliphatic heterocycles. The zero-order valence-corrected chi connectivity index (χ0v) is 13.9. The largest absolute Gasteiger partial charge is 0.466 e. The van der Waals surface area contributed by atoms with Gasteiger partial charge in [0.05, 0.1) is 23.7 Å². The Morgan fingerprint density at radius 3 is 2.92 bits per heavy atom. The number of esters is 1. The second-order valence-electron chi connectivity index (χ2n) is 6.25. The van der Waals surface area contributed by atoms with Gasteiger partial charge in [-0.1, -0.05) is 37.1 Å². The first-order chi connectivity index (χ1) is 11.7. The molecule has 1 aromatic carbocycles. The monoisotopic (exact) mass is 328 g/mol. The van der Waals surface area contributed by atoms with Crippen LogP contribution < -0.4 is 5.32 Å². The minimum atomic E-state index is -0.894. The van der Waals surface area contributed by atoms with Crippen molar-refractivity contribution < 1.29 is 14.6 Å². The number of nitrogens with zero attached hydrogens (tertiary/aromatic N) is 1. The Balaban J connectivity index is 1.73. The number of carbonyl (C=O) groups is 1. The molecule has 1 unspecified atom stereocenters. The van der Waals surface area contributed by atoms with E-state index in [1.165, 1.54) is 0 Å². The van der Waals surface area contributed by atoms with Crippen molar-refractivity contribution in [3.05, 3.63) is 42.1 Å². The van der Waals surface area contributed by atoms with Crippen LogP contribution in [0.3, 0.4) is 0 Å². The van der Waals surface area contributed by atoms with E-state index >= 15 is 0 Å². The van der Waals surface area contributed by atoms with Gasteiger partial charge in [0.2, 0.25) is 0 Å². The zero-order valence-electron chi connectivity index (χ0n) is 13.9. The van der Waals surface area contributed by atoms with Gasteiger partial charge in [-0.2, -0.15) is 0 Å². The summed E-state index contributed by atoms with van der Waals surface area (Å²) in [7, 11) is 0. The molecule has 1 heterocycles. The summed E-state index contributed by atoms with van der Waals surface area (Å²) in [5, 5.41) is 14.8. The molecule has 1 aliphatic rings. The third-order valence-electron chi connectivity index (χ3n) is 4.63. The van der Waals surface area contributed by atoms with E-state index < -0.39 is 6.23 Å². The van der Waals surface area contributed by atoms with Gasteiger partial charge in [0.25, 0.3) is 0 Å². The van der Waals surface area contributed by atoms with Crippen molar-refractivity contribution in [3.63, 3.8) is 0 Å². The van der Waals surface area contributed by atoms with E-state index in [1.807, 2.05) is 43.3 Å². The summed E-state index contributed by atoms with van der Waals surface area (Å²) < 4.78 is 5.18. The van der Waals surface area contributed by atoms with Crippen LogP contribution in [0.2, 0.25) is 0 Å². The Morgan fingerprint density at radius 1 is 1.29 bits per heavy atom. The lowest BCUT2D eigenvalue weighted by atomic mass is 9.84. The highest BCUT2D eigenvalue weighted by Crippen LogP contribution is 2.27. The molecular weight excluding hydrogens is 304 g/mol. The smallest absolute Gasteiger partial charge is 0.310 e. The number of fused-ring (bicyclic) bond motifs is 1. The molecule has 5 heteroatoms. The van der Waals surface area contributed by atoms with E-state index in [0.717, 1.165) is 36.6 Å². The molecule has 0 bridgehead atoms. The lowest BCUT2D eigenvalue weighted by Gasteiger charge is -2.32. The highest BCUT2D eigenvalue weighted by Gasteiger charge is 2.33. The molecular formula is C19H24N2O3. The van der Waals surface area contributed by atoms with Crippen molar-refractivity contribution in [2.45, 2.75) is 44.9 Å². The maximum atomic E-state index is 12.1. The molecule has 5 nitrogen and oxygen atoms in total. The molecule has 3 rings (SSSR count). The molecule has 2 aromatic rings. The number of nitrogens with one attached hydrogen (secondary N) is 1. The lowest BCUT2D eigenvalue weighted by Crippen LogP contribution is -2.44. The van der Waals surface area contributed by atoms with Crippen LogP contribution in [0.15, 0.2) is 36.4 Å². The van der Waals surface area contributed by atoms with E-state index in [1.54, 1.807) is 0 Å². The Hall–Kier alpha value is -1.98. The van der Waals surface area contributed by atoms with Crippen LogP contribution in [0, 0.1) is 5.92 Å². The molecule has 128 valence electrons. The van der Waals surface area contributed by atoms with Gasteiger partial charge in [0, 0.05) is 11.4 Å². The lowest BCUT2D eigenvalue weighted by molar-refractivity contribution is -0.150. The average molecular weight is 328 g/mol. The summed E-state index contributed by atoms with van der Waals surface area (Å²) in [6.07, 6.45) is 2.83. The highest BCUT2D eigenvalue weighted by atomic mass is 16.5. The van der Waals surface area contributed by atoms with E-state index in [0.29, 0.717) is 12.3 Å². The summed E-state index contributed by atoms with van der Waals surface area (Å²) in [6.45, 7) is 2.20. The van der Waals surface area contributed by atoms with Gasteiger partial charge in [-0.25, -0.2) is 4.98 Å². The number of aromatic nitrogens is 1. The third-order valence-corrected chi connectivity index (χ3v) is 4.63. The molecule has 0 radical (unpaired) electrons. The molecule has 1 saturated carbocycles. The number of para-hydroxylation sites is 1. The second kappa shape index (κ2) is 7.73. The molecule has 0 saturated heterocycles. The quantitative estimate of drug-likeness (QED) is 0.652. The minimum Gasteiger partial charge on any atom is -0.466 e. The molecule has 3 atom stereocenters. The van der Waals surface area contributed by atoms with Gasteiger partial charge in [-0.15, -0.1) is 0 Å². The van der Waals surface area contributed by atoms with Crippen LogP contribution >= 0.6 is 0 Å². The van der Waals surface area contributed by atoms with E-state index in [4.69, 9.17) is 4.74 Å². The number of aliphatic hydroxyl groups is 1. The molecule has 2 N–H and O–H groups in total. The predicted octanol–water partition coefficient (Wildman–Crippen LogP) is 2.94. The average Bonchev–Trinajstić information content (AvgIpc) is 2.62. The standard InChI is InChI=1S/C19H24N2O3/c1-2-24-19(23)14-8-4-6-10-16(14)21-18(22)17-12-11-13-7-3-5-9-15(13)20-17/h3,5,7,9,11-12,14,16,18,21-22H,2,4,6,8,10H2,1H3/t14-,16+,18?/m1/s1. The fourth-order valence-corrected chi connectivity index (χ4v) is 3.38.